The van der Waals surface area contributed by atoms with Crippen molar-refractivity contribution in [2.45, 2.75) is 0 Å². The summed E-state index contributed by atoms with van der Waals surface area (Å²) in [7, 11) is 0. The molecule has 0 fully saturated rings. The zero-order valence-electron chi connectivity index (χ0n) is 17.3. The molecule has 9 heteroatoms. The van der Waals surface area contributed by atoms with Crippen LogP contribution in [-0.2, 0) is 0 Å². The second kappa shape index (κ2) is 9.56. The largest absolute Gasteiger partial charge is 0.451 e. The van der Waals surface area contributed by atoms with Gasteiger partial charge >= 0.3 is 0 Å². The topological polar surface area (TPSA) is 67.2 Å². The van der Waals surface area contributed by atoms with E-state index in [1.165, 1.54) is 0 Å². The number of thiazole rings is 1. The van der Waals surface area contributed by atoms with E-state index in [4.69, 9.17) is 44.8 Å². The number of nitrogens with one attached hydrogen (secondary N) is 2. The van der Waals surface area contributed by atoms with Crippen molar-refractivity contribution in [1.82, 2.24) is 10.3 Å². The number of rotatable bonds is 4. The third-order valence-corrected chi connectivity index (χ3v) is 6.79. The maximum atomic E-state index is 12.7. The highest BCUT2D eigenvalue weighted by Gasteiger charge is 2.17. The lowest BCUT2D eigenvalue weighted by Crippen LogP contribution is -2.34. The van der Waals surface area contributed by atoms with Crippen LogP contribution >= 0.6 is 46.8 Å². The highest BCUT2D eigenvalue weighted by atomic mass is 35.5. The molecule has 0 aliphatic carbocycles. The molecule has 5 aromatic rings. The summed E-state index contributed by atoms with van der Waals surface area (Å²) in [6.45, 7) is 0. The molecule has 0 spiro atoms. The van der Waals surface area contributed by atoms with E-state index in [0.717, 1.165) is 26.5 Å². The van der Waals surface area contributed by atoms with E-state index in [-0.39, 0.29) is 10.9 Å². The Morgan fingerprint density at radius 1 is 0.941 bits per heavy atom. The van der Waals surface area contributed by atoms with Gasteiger partial charge in [-0.25, -0.2) is 4.98 Å². The summed E-state index contributed by atoms with van der Waals surface area (Å²) in [5.74, 6) is 0.0340. The standard InChI is InChI=1S/C25H15Cl2N3O2S2/c26-14-9-10-17(27)16(13-14)20-11-12-21(32-20)23(31)30-25(33)29-18-6-2-1-5-15(18)24-28-19-7-3-4-8-22(19)34-24/h1-13H,(H2,29,30,31,33). The minimum Gasteiger partial charge on any atom is -0.451 e. The van der Waals surface area contributed by atoms with Crippen molar-refractivity contribution in [2.75, 3.05) is 5.32 Å². The number of para-hydroxylation sites is 2. The van der Waals surface area contributed by atoms with Crippen LogP contribution in [-0.4, -0.2) is 16.0 Å². The van der Waals surface area contributed by atoms with Crippen molar-refractivity contribution < 1.29 is 9.21 Å². The van der Waals surface area contributed by atoms with Gasteiger partial charge in [0.15, 0.2) is 10.9 Å². The Kier molecular flexibility index (Phi) is 6.34. The second-order valence-corrected chi connectivity index (χ2v) is 9.51. The number of furan rings is 1. The predicted molar refractivity (Wildman–Crippen MR) is 143 cm³/mol. The molecule has 0 aliphatic rings. The number of amides is 1. The molecule has 0 saturated carbocycles. The maximum Gasteiger partial charge on any atom is 0.293 e. The summed E-state index contributed by atoms with van der Waals surface area (Å²) in [6, 6.07) is 23.8. The van der Waals surface area contributed by atoms with Gasteiger partial charge in [0.05, 0.1) is 20.9 Å². The van der Waals surface area contributed by atoms with E-state index in [2.05, 4.69) is 10.6 Å². The van der Waals surface area contributed by atoms with Gasteiger partial charge < -0.3 is 9.73 Å². The van der Waals surface area contributed by atoms with Crippen LogP contribution in [0.25, 0.3) is 32.1 Å². The third-order valence-electron chi connectivity index (χ3n) is 4.95. The minimum atomic E-state index is -0.487. The normalized spacial score (nSPS) is 10.9. The summed E-state index contributed by atoms with van der Waals surface area (Å²) >= 11 is 19.3. The molecule has 34 heavy (non-hydrogen) atoms. The fourth-order valence-corrected chi connectivity index (χ4v) is 4.97. The van der Waals surface area contributed by atoms with E-state index in [1.54, 1.807) is 41.7 Å². The zero-order chi connectivity index (χ0) is 23.7. The van der Waals surface area contributed by atoms with Crippen LogP contribution in [0.3, 0.4) is 0 Å². The SMILES string of the molecule is O=C(NC(=S)Nc1ccccc1-c1nc2ccccc2s1)c1ccc(-c2cc(Cl)ccc2Cl)o1. The van der Waals surface area contributed by atoms with Crippen LogP contribution in [0.15, 0.2) is 83.3 Å². The highest BCUT2D eigenvalue weighted by Crippen LogP contribution is 2.34. The van der Waals surface area contributed by atoms with E-state index < -0.39 is 5.91 Å². The van der Waals surface area contributed by atoms with Gasteiger partial charge in [0.1, 0.15) is 10.8 Å². The third kappa shape index (κ3) is 4.69. The Morgan fingerprint density at radius 3 is 2.59 bits per heavy atom. The van der Waals surface area contributed by atoms with Crippen molar-refractivity contribution in [3.63, 3.8) is 0 Å². The number of benzene rings is 3. The van der Waals surface area contributed by atoms with Crippen LogP contribution < -0.4 is 10.6 Å². The lowest BCUT2D eigenvalue weighted by Gasteiger charge is -2.11. The van der Waals surface area contributed by atoms with Crippen molar-refractivity contribution in [1.29, 1.82) is 0 Å². The summed E-state index contributed by atoms with van der Waals surface area (Å²) in [5, 5.41) is 7.72. The molecular formula is C25H15Cl2N3O2S2. The molecule has 0 aliphatic heterocycles. The van der Waals surface area contributed by atoms with Gasteiger partial charge in [-0.2, -0.15) is 0 Å². The summed E-state index contributed by atoms with van der Waals surface area (Å²) in [5.41, 5.74) is 3.15. The van der Waals surface area contributed by atoms with Gasteiger partial charge in [0, 0.05) is 16.1 Å². The average Bonchev–Trinajstić information content (AvgIpc) is 3.48. The van der Waals surface area contributed by atoms with Crippen molar-refractivity contribution >= 4 is 73.7 Å². The number of carbonyl (C=O) groups excluding carboxylic acids is 1. The quantitative estimate of drug-likeness (QED) is 0.236. The molecule has 5 rings (SSSR count). The van der Waals surface area contributed by atoms with Crippen LogP contribution in [0, 0.1) is 0 Å². The van der Waals surface area contributed by atoms with E-state index in [0.29, 0.717) is 21.4 Å². The number of hydrogen-bond donors (Lipinski definition) is 2. The number of halogens is 2. The first kappa shape index (κ1) is 22.6. The first-order valence-corrected chi connectivity index (χ1v) is 12.1. The minimum absolute atomic E-state index is 0.0923. The average molecular weight is 524 g/mol. The maximum absolute atomic E-state index is 12.7. The van der Waals surface area contributed by atoms with Crippen LogP contribution in [0.5, 0.6) is 0 Å². The number of hydrogen-bond acceptors (Lipinski definition) is 5. The summed E-state index contributed by atoms with van der Waals surface area (Å²) < 4.78 is 6.79. The number of anilines is 1. The molecule has 0 saturated heterocycles. The molecule has 168 valence electrons. The van der Waals surface area contributed by atoms with Crippen LogP contribution in [0.1, 0.15) is 10.6 Å². The number of fused-ring (bicyclic) bond motifs is 1. The lowest BCUT2D eigenvalue weighted by atomic mass is 10.2. The lowest BCUT2D eigenvalue weighted by molar-refractivity contribution is 0.0951. The summed E-state index contributed by atoms with van der Waals surface area (Å²) in [6.07, 6.45) is 0. The van der Waals surface area contributed by atoms with Crippen molar-refractivity contribution in [3.8, 4) is 21.9 Å². The molecule has 0 radical (unpaired) electrons. The fraction of sp³-hybridized carbons (Fsp3) is 0. The smallest absolute Gasteiger partial charge is 0.293 e. The monoisotopic (exact) mass is 523 g/mol. The molecule has 5 nitrogen and oxygen atoms in total. The van der Waals surface area contributed by atoms with Gasteiger partial charge in [0.25, 0.3) is 5.91 Å². The molecule has 3 aromatic carbocycles. The Balaban J connectivity index is 1.32. The molecule has 0 atom stereocenters. The van der Waals surface area contributed by atoms with Gasteiger partial charge in [-0.05, 0) is 66.8 Å². The number of aromatic nitrogens is 1. The first-order valence-electron chi connectivity index (χ1n) is 10.1. The van der Waals surface area contributed by atoms with Gasteiger partial charge in [0.2, 0.25) is 0 Å². The Bertz CT molecular complexity index is 1510. The molecular weight excluding hydrogens is 509 g/mol. The Hall–Kier alpha value is -3.23. The van der Waals surface area contributed by atoms with Crippen molar-refractivity contribution in [2.24, 2.45) is 0 Å². The van der Waals surface area contributed by atoms with Gasteiger partial charge in [-0.1, -0.05) is 47.5 Å². The van der Waals surface area contributed by atoms with E-state index >= 15 is 0 Å². The van der Waals surface area contributed by atoms with Crippen molar-refractivity contribution in [3.05, 3.63) is 94.7 Å². The number of carbonyl (C=O) groups is 1. The molecule has 2 heterocycles. The zero-order valence-corrected chi connectivity index (χ0v) is 20.5. The van der Waals surface area contributed by atoms with Crippen LogP contribution in [0.2, 0.25) is 10.0 Å². The molecule has 1 amide bonds. The first-order chi connectivity index (χ1) is 16.5. The second-order valence-electron chi connectivity index (χ2n) is 7.23. The Morgan fingerprint density at radius 2 is 1.74 bits per heavy atom. The molecule has 2 aromatic heterocycles. The van der Waals surface area contributed by atoms with Gasteiger partial charge in [-0.15, -0.1) is 11.3 Å². The fourth-order valence-electron chi connectivity index (χ4n) is 3.38. The Labute approximate surface area is 214 Å². The number of thiocarbonyl (C=S) groups is 1. The van der Waals surface area contributed by atoms with Gasteiger partial charge in [-0.3, -0.25) is 10.1 Å². The van der Waals surface area contributed by atoms with Crippen LogP contribution in [0.4, 0.5) is 5.69 Å². The highest BCUT2D eigenvalue weighted by molar-refractivity contribution is 7.80. The molecule has 2 N–H and O–H groups in total. The van der Waals surface area contributed by atoms with E-state index in [1.807, 2.05) is 48.5 Å². The molecule has 0 bridgehead atoms. The summed E-state index contributed by atoms with van der Waals surface area (Å²) in [4.78, 5) is 17.4. The molecule has 0 unspecified atom stereocenters. The van der Waals surface area contributed by atoms with E-state index in [9.17, 15) is 4.79 Å². The predicted octanol–water partition coefficient (Wildman–Crippen LogP) is 7.66. The number of nitrogens with zero attached hydrogens (tertiary/aromatic N) is 1.